The Bertz CT molecular complexity index is 681. The summed E-state index contributed by atoms with van der Waals surface area (Å²) in [4.78, 5) is 14.3. The molecule has 0 radical (unpaired) electrons. The van der Waals surface area contributed by atoms with Gasteiger partial charge < -0.3 is 10.6 Å². The van der Waals surface area contributed by atoms with Crippen LogP contribution >= 0.6 is 23.2 Å². The maximum absolute atomic E-state index is 12.5. The van der Waals surface area contributed by atoms with Gasteiger partial charge >= 0.3 is 0 Å². The van der Waals surface area contributed by atoms with Crippen LogP contribution in [-0.2, 0) is 6.54 Å². The third kappa shape index (κ3) is 3.14. The van der Waals surface area contributed by atoms with E-state index in [0.29, 0.717) is 28.1 Å². The molecule has 1 heterocycles. The van der Waals surface area contributed by atoms with Crippen LogP contribution in [0.1, 0.15) is 28.9 Å². The zero-order valence-corrected chi connectivity index (χ0v) is 12.7. The maximum atomic E-state index is 12.5. The van der Waals surface area contributed by atoms with Crippen LogP contribution in [-0.4, -0.2) is 27.0 Å². The number of H-pyrrole nitrogens is 1. The first kappa shape index (κ1) is 14.2. The normalized spacial score (nSPS) is 14.2. The number of nitrogens with two attached hydrogens (primary N) is 1. The molecule has 1 aromatic heterocycles. The van der Waals surface area contributed by atoms with E-state index < -0.39 is 0 Å². The molecule has 0 atom stereocenters. The fraction of sp³-hybridized carbons (Fsp3) is 0.286. The number of carbonyl (C=O) groups excluding carboxylic acids is 1. The van der Waals surface area contributed by atoms with E-state index in [9.17, 15) is 4.79 Å². The third-order valence-corrected chi connectivity index (χ3v) is 4.15. The first-order chi connectivity index (χ1) is 10.0. The first-order valence-electron chi connectivity index (χ1n) is 6.60. The summed E-state index contributed by atoms with van der Waals surface area (Å²) in [6.07, 6.45) is 2.02. The zero-order valence-electron chi connectivity index (χ0n) is 11.1. The number of nitrogen functional groups attached to an aromatic ring is 1. The lowest BCUT2D eigenvalue weighted by Crippen LogP contribution is -2.32. The molecule has 21 heavy (non-hydrogen) atoms. The summed E-state index contributed by atoms with van der Waals surface area (Å²) < 4.78 is 0. The molecule has 0 aliphatic heterocycles. The average Bonchev–Trinajstić information content (AvgIpc) is 3.20. The minimum atomic E-state index is -0.104. The Morgan fingerprint density at radius 2 is 2.10 bits per heavy atom. The number of anilines is 1. The molecule has 3 N–H and O–H groups in total. The van der Waals surface area contributed by atoms with E-state index in [1.807, 2.05) is 11.0 Å². The van der Waals surface area contributed by atoms with Gasteiger partial charge in [-0.1, -0.05) is 29.3 Å². The Labute approximate surface area is 132 Å². The lowest BCUT2D eigenvalue weighted by atomic mass is 10.2. The highest BCUT2D eigenvalue weighted by Crippen LogP contribution is 2.31. The maximum Gasteiger partial charge on any atom is 0.272 e. The summed E-state index contributed by atoms with van der Waals surface area (Å²) in [6.45, 7) is 0.485. The number of aromatic amines is 1. The van der Waals surface area contributed by atoms with E-state index in [0.717, 1.165) is 18.4 Å². The van der Waals surface area contributed by atoms with Crippen molar-refractivity contribution in [2.24, 2.45) is 0 Å². The molecule has 2 aromatic rings. The second kappa shape index (κ2) is 5.58. The van der Waals surface area contributed by atoms with E-state index in [1.165, 1.54) is 0 Å². The molecule has 1 fully saturated rings. The quantitative estimate of drug-likeness (QED) is 0.907. The van der Waals surface area contributed by atoms with Crippen molar-refractivity contribution >= 4 is 34.9 Å². The number of nitrogens with one attached hydrogen (secondary N) is 1. The largest absolute Gasteiger partial charge is 0.382 e. The van der Waals surface area contributed by atoms with Gasteiger partial charge in [0.2, 0.25) is 0 Å². The summed E-state index contributed by atoms with van der Waals surface area (Å²) in [7, 11) is 0. The number of nitrogens with zero attached hydrogens (tertiary/aromatic N) is 2. The number of amides is 1. The van der Waals surface area contributed by atoms with Crippen LogP contribution in [0.15, 0.2) is 24.3 Å². The lowest BCUT2D eigenvalue weighted by molar-refractivity contribution is 0.0724. The van der Waals surface area contributed by atoms with Crippen LogP contribution in [0, 0.1) is 0 Å². The topological polar surface area (TPSA) is 75.0 Å². The van der Waals surface area contributed by atoms with Crippen LogP contribution in [0.25, 0.3) is 0 Å². The molecule has 1 aliphatic rings. The van der Waals surface area contributed by atoms with Gasteiger partial charge in [-0.25, -0.2) is 0 Å². The molecule has 7 heteroatoms. The van der Waals surface area contributed by atoms with Crippen molar-refractivity contribution in [3.8, 4) is 0 Å². The van der Waals surface area contributed by atoms with E-state index >= 15 is 0 Å². The summed E-state index contributed by atoms with van der Waals surface area (Å²) in [5.74, 6) is 0.205. The van der Waals surface area contributed by atoms with Gasteiger partial charge in [0.05, 0.1) is 10.0 Å². The van der Waals surface area contributed by atoms with E-state index in [4.69, 9.17) is 28.9 Å². The van der Waals surface area contributed by atoms with Crippen LogP contribution in [0.3, 0.4) is 0 Å². The van der Waals surface area contributed by atoms with Gasteiger partial charge in [-0.15, -0.1) is 0 Å². The van der Waals surface area contributed by atoms with Crippen molar-refractivity contribution in [1.82, 2.24) is 15.1 Å². The smallest absolute Gasteiger partial charge is 0.272 e. The van der Waals surface area contributed by atoms with Gasteiger partial charge in [0, 0.05) is 18.7 Å². The Hall–Kier alpha value is -1.72. The predicted molar refractivity (Wildman–Crippen MR) is 82.4 cm³/mol. The predicted octanol–water partition coefficient (Wildman–Crippen LogP) is 3.10. The number of hydrogen-bond donors (Lipinski definition) is 2. The Balaban J connectivity index is 1.81. The summed E-state index contributed by atoms with van der Waals surface area (Å²) in [6, 6.07) is 7.21. The molecule has 5 nitrogen and oxygen atoms in total. The van der Waals surface area contributed by atoms with Gasteiger partial charge in [0.15, 0.2) is 0 Å². The monoisotopic (exact) mass is 324 g/mol. The van der Waals surface area contributed by atoms with Crippen molar-refractivity contribution in [1.29, 1.82) is 0 Å². The standard InChI is InChI=1S/C14H14Cl2N4O/c15-10-4-1-8(5-11(10)16)7-20(9-2-3-9)14(21)12-6-13(17)19-18-12/h1,4-6,9H,2-3,7H2,(H3,17,18,19). The summed E-state index contributed by atoms with van der Waals surface area (Å²) >= 11 is 11.9. The summed E-state index contributed by atoms with van der Waals surface area (Å²) in [5.41, 5.74) is 6.90. The molecule has 0 bridgehead atoms. The fourth-order valence-corrected chi connectivity index (χ4v) is 2.51. The van der Waals surface area contributed by atoms with Crippen molar-refractivity contribution in [2.75, 3.05) is 5.73 Å². The van der Waals surface area contributed by atoms with Crippen molar-refractivity contribution in [3.05, 3.63) is 45.6 Å². The molecule has 0 saturated heterocycles. The van der Waals surface area contributed by atoms with Crippen LogP contribution in [0.5, 0.6) is 0 Å². The van der Waals surface area contributed by atoms with Gasteiger partial charge in [-0.2, -0.15) is 5.10 Å². The van der Waals surface area contributed by atoms with Crippen LogP contribution < -0.4 is 5.73 Å². The minimum Gasteiger partial charge on any atom is -0.382 e. The van der Waals surface area contributed by atoms with Crippen molar-refractivity contribution < 1.29 is 4.79 Å². The molecule has 110 valence electrons. The third-order valence-electron chi connectivity index (χ3n) is 3.41. The average molecular weight is 325 g/mol. The Morgan fingerprint density at radius 3 is 2.67 bits per heavy atom. The van der Waals surface area contributed by atoms with Gasteiger partial charge in [0.1, 0.15) is 11.5 Å². The fourth-order valence-electron chi connectivity index (χ4n) is 2.19. The first-order valence-corrected chi connectivity index (χ1v) is 7.36. The van der Waals surface area contributed by atoms with E-state index in [-0.39, 0.29) is 11.9 Å². The SMILES string of the molecule is Nc1cc(C(=O)N(Cc2ccc(Cl)c(Cl)c2)C2CC2)[nH]n1. The Morgan fingerprint density at radius 1 is 1.33 bits per heavy atom. The lowest BCUT2D eigenvalue weighted by Gasteiger charge is -2.22. The number of halogens is 2. The summed E-state index contributed by atoms with van der Waals surface area (Å²) in [5, 5.41) is 7.46. The van der Waals surface area contributed by atoms with Crippen molar-refractivity contribution in [3.63, 3.8) is 0 Å². The highest BCUT2D eigenvalue weighted by atomic mass is 35.5. The van der Waals surface area contributed by atoms with Gasteiger partial charge in [0.25, 0.3) is 5.91 Å². The number of rotatable bonds is 4. The Kier molecular flexibility index (Phi) is 3.78. The number of hydrogen-bond acceptors (Lipinski definition) is 3. The molecule has 1 amide bonds. The second-order valence-electron chi connectivity index (χ2n) is 5.12. The zero-order chi connectivity index (χ0) is 15.0. The van der Waals surface area contributed by atoms with Gasteiger partial charge in [-0.05, 0) is 30.5 Å². The second-order valence-corrected chi connectivity index (χ2v) is 5.93. The number of benzene rings is 1. The molecular formula is C14H14Cl2N4O. The molecule has 1 aliphatic carbocycles. The van der Waals surface area contributed by atoms with Gasteiger partial charge in [-0.3, -0.25) is 9.89 Å². The molecule has 3 rings (SSSR count). The highest BCUT2D eigenvalue weighted by Gasteiger charge is 2.33. The minimum absolute atomic E-state index is 0.104. The molecule has 1 saturated carbocycles. The molecule has 0 unspecified atom stereocenters. The molecule has 1 aromatic carbocycles. The number of aromatic nitrogens is 2. The van der Waals surface area contributed by atoms with Crippen LogP contribution in [0.2, 0.25) is 10.0 Å². The van der Waals surface area contributed by atoms with E-state index in [2.05, 4.69) is 10.2 Å². The van der Waals surface area contributed by atoms with E-state index in [1.54, 1.807) is 18.2 Å². The van der Waals surface area contributed by atoms with Crippen LogP contribution in [0.4, 0.5) is 5.82 Å². The van der Waals surface area contributed by atoms with Crippen molar-refractivity contribution in [2.45, 2.75) is 25.4 Å². The highest BCUT2D eigenvalue weighted by molar-refractivity contribution is 6.42. The molecule has 0 spiro atoms. The molecular weight excluding hydrogens is 311 g/mol. The number of carbonyl (C=O) groups is 1.